The number of amides is 3. The summed E-state index contributed by atoms with van der Waals surface area (Å²) < 4.78 is 0. The lowest BCUT2D eigenvalue weighted by Gasteiger charge is -2.38. The number of anilines is 1. The predicted molar refractivity (Wildman–Crippen MR) is 101 cm³/mol. The highest BCUT2D eigenvalue weighted by atomic mass is 35.5. The van der Waals surface area contributed by atoms with Crippen LogP contribution in [-0.2, 0) is 4.79 Å². The highest BCUT2D eigenvalue weighted by Crippen LogP contribution is 2.20. The molecule has 0 spiro atoms. The molecule has 2 heterocycles. The minimum atomic E-state index is -0.118. The third kappa shape index (κ3) is 5.09. The summed E-state index contributed by atoms with van der Waals surface area (Å²) in [6.45, 7) is 5.68. The van der Waals surface area contributed by atoms with Gasteiger partial charge in [-0.1, -0.05) is 18.2 Å². The number of piperazine rings is 1. The van der Waals surface area contributed by atoms with Crippen molar-refractivity contribution in [3.05, 3.63) is 30.3 Å². The van der Waals surface area contributed by atoms with Crippen LogP contribution < -0.4 is 10.6 Å². The highest BCUT2D eigenvalue weighted by Gasteiger charge is 2.32. The lowest BCUT2D eigenvalue weighted by Crippen LogP contribution is -2.55. The van der Waals surface area contributed by atoms with E-state index in [1.807, 2.05) is 35.2 Å². The van der Waals surface area contributed by atoms with Gasteiger partial charge in [-0.2, -0.15) is 0 Å². The Balaban J connectivity index is 0.00000225. The summed E-state index contributed by atoms with van der Waals surface area (Å²) in [5.41, 5.74) is 0.784. The summed E-state index contributed by atoms with van der Waals surface area (Å²) in [6, 6.07) is 9.66. The van der Waals surface area contributed by atoms with Crippen molar-refractivity contribution >= 4 is 30.0 Å². The molecule has 0 aliphatic carbocycles. The fraction of sp³-hybridized carbons (Fsp3) is 0.556. The van der Waals surface area contributed by atoms with Gasteiger partial charge in [0.1, 0.15) is 0 Å². The van der Waals surface area contributed by atoms with Crippen LogP contribution in [0.4, 0.5) is 10.5 Å². The topological polar surface area (TPSA) is 64.7 Å². The monoisotopic (exact) mass is 366 g/mol. The molecule has 0 aromatic heterocycles. The van der Waals surface area contributed by atoms with Gasteiger partial charge < -0.3 is 20.4 Å². The number of benzene rings is 1. The van der Waals surface area contributed by atoms with Gasteiger partial charge in [-0.3, -0.25) is 4.79 Å². The van der Waals surface area contributed by atoms with E-state index in [1.54, 1.807) is 4.90 Å². The first-order chi connectivity index (χ1) is 11.6. The van der Waals surface area contributed by atoms with Crippen molar-refractivity contribution in [3.63, 3.8) is 0 Å². The largest absolute Gasteiger partial charge is 0.340 e. The summed E-state index contributed by atoms with van der Waals surface area (Å²) >= 11 is 0. The quantitative estimate of drug-likeness (QED) is 0.843. The number of halogens is 1. The number of likely N-dealkylation sites (tertiary alicyclic amines) is 1. The van der Waals surface area contributed by atoms with E-state index < -0.39 is 0 Å². The van der Waals surface area contributed by atoms with Gasteiger partial charge in [0, 0.05) is 44.5 Å². The summed E-state index contributed by atoms with van der Waals surface area (Å²) in [6.07, 6.45) is 1.74. The number of nitrogens with one attached hydrogen (secondary N) is 2. The fourth-order valence-corrected chi connectivity index (χ4v) is 3.48. The van der Waals surface area contributed by atoms with Crippen LogP contribution in [0.15, 0.2) is 30.3 Å². The number of carbonyl (C=O) groups is 2. The van der Waals surface area contributed by atoms with Crippen LogP contribution in [0.5, 0.6) is 0 Å². The summed E-state index contributed by atoms with van der Waals surface area (Å²) in [5, 5.41) is 6.27. The minimum absolute atomic E-state index is 0. The molecule has 0 bridgehead atoms. The average Bonchev–Trinajstić information content (AvgIpc) is 2.62. The Labute approximate surface area is 155 Å². The third-order valence-corrected chi connectivity index (χ3v) is 4.76. The maximum atomic E-state index is 12.8. The Morgan fingerprint density at radius 3 is 2.60 bits per heavy atom. The van der Waals surface area contributed by atoms with Crippen molar-refractivity contribution in [2.75, 3.05) is 38.0 Å². The van der Waals surface area contributed by atoms with E-state index in [2.05, 4.69) is 17.6 Å². The van der Waals surface area contributed by atoms with Crippen molar-refractivity contribution in [2.45, 2.75) is 25.8 Å². The smallest absolute Gasteiger partial charge is 0.321 e. The summed E-state index contributed by atoms with van der Waals surface area (Å²) in [5.74, 6) is 0.117. The molecule has 25 heavy (non-hydrogen) atoms. The molecule has 2 fully saturated rings. The lowest BCUT2D eigenvalue weighted by atomic mass is 9.96. The van der Waals surface area contributed by atoms with Crippen molar-refractivity contribution in [1.29, 1.82) is 0 Å². The first kappa shape index (κ1) is 19.5. The van der Waals surface area contributed by atoms with Crippen molar-refractivity contribution in [1.82, 2.24) is 15.1 Å². The number of hydrogen-bond acceptors (Lipinski definition) is 3. The van der Waals surface area contributed by atoms with Crippen LogP contribution in [0.25, 0.3) is 0 Å². The lowest BCUT2D eigenvalue weighted by molar-refractivity contribution is -0.138. The molecule has 7 heteroatoms. The van der Waals surface area contributed by atoms with Crippen LogP contribution >= 0.6 is 12.4 Å². The number of piperidine rings is 1. The first-order valence-electron chi connectivity index (χ1n) is 8.76. The van der Waals surface area contributed by atoms with E-state index in [0.29, 0.717) is 19.1 Å². The molecule has 2 N–H and O–H groups in total. The second-order valence-corrected chi connectivity index (χ2v) is 6.72. The molecule has 2 aliphatic rings. The van der Waals surface area contributed by atoms with E-state index in [1.165, 1.54) is 0 Å². The maximum Gasteiger partial charge on any atom is 0.321 e. The van der Waals surface area contributed by atoms with Crippen molar-refractivity contribution in [3.8, 4) is 0 Å². The van der Waals surface area contributed by atoms with E-state index in [0.717, 1.165) is 38.2 Å². The van der Waals surface area contributed by atoms with E-state index in [-0.39, 0.29) is 30.3 Å². The summed E-state index contributed by atoms with van der Waals surface area (Å²) in [7, 11) is 0. The van der Waals surface area contributed by atoms with Gasteiger partial charge in [0.15, 0.2) is 0 Å². The molecule has 2 unspecified atom stereocenters. The molecule has 3 rings (SSSR count). The predicted octanol–water partition coefficient (Wildman–Crippen LogP) is 2.17. The molecule has 138 valence electrons. The Morgan fingerprint density at radius 1 is 1.12 bits per heavy atom. The number of hydrogen-bond donors (Lipinski definition) is 2. The molecule has 6 nitrogen and oxygen atoms in total. The van der Waals surface area contributed by atoms with Gasteiger partial charge >= 0.3 is 6.03 Å². The van der Waals surface area contributed by atoms with Gasteiger partial charge in [0.05, 0.1) is 5.92 Å². The minimum Gasteiger partial charge on any atom is -0.340 e. The standard InChI is InChI=1S/C18H26N4O2.ClH/c1-14-12-21(11-9-19-14)17(23)15-6-5-10-22(13-15)18(24)20-16-7-3-2-4-8-16;/h2-4,7-8,14-15,19H,5-6,9-13H2,1H3,(H,20,24);1H. The van der Waals surface area contributed by atoms with Crippen LogP contribution in [-0.4, -0.2) is 60.5 Å². The molecular weight excluding hydrogens is 340 g/mol. The van der Waals surface area contributed by atoms with Crippen molar-refractivity contribution < 1.29 is 9.59 Å². The number of rotatable bonds is 2. The number of carbonyl (C=O) groups excluding carboxylic acids is 2. The Bertz CT molecular complexity index is 584. The third-order valence-electron chi connectivity index (χ3n) is 4.76. The van der Waals surface area contributed by atoms with Gasteiger partial charge in [0.25, 0.3) is 0 Å². The molecule has 2 atom stereocenters. The first-order valence-corrected chi connectivity index (χ1v) is 8.76. The van der Waals surface area contributed by atoms with Gasteiger partial charge in [-0.05, 0) is 31.9 Å². The Hall–Kier alpha value is -1.79. The fourth-order valence-electron chi connectivity index (χ4n) is 3.48. The Morgan fingerprint density at radius 2 is 1.88 bits per heavy atom. The molecule has 0 radical (unpaired) electrons. The number of para-hydroxylation sites is 1. The second-order valence-electron chi connectivity index (χ2n) is 6.72. The zero-order chi connectivity index (χ0) is 16.9. The molecule has 2 saturated heterocycles. The summed E-state index contributed by atoms with van der Waals surface area (Å²) in [4.78, 5) is 28.9. The molecule has 0 saturated carbocycles. The highest BCUT2D eigenvalue weighted by molar-refractivity contribution is 5.90. The maximum absolute atomic E-state index is 12.8. The molecule has 2 aliphatic heterocycles. The van der Waals surface area contributed by atoms with Crippen LogP contribution in [0.3, 0.4) is 0 Å². The van der Waals surface area contributed by atoms with Gasteiger partial charge in [-0.25, -0.2) is 4.79 Å². The van der Waals surface area contributed by atoms with Gasteiger partial charge in [0.2, 0.25) is 5.91 Å². The number of nitrogens with zero attached hydrogens (tertiary/aromatic N) is 2. The average molecular weight is 367 g/mol. The van der Waals surface area contributed by atoms with Crippen molar-refractivity contribution in [2.24, 2.45) is 5.92 Å². The normalized spacial score (nSPS) is 23.6. The second kappa shape index (κ2) is 9.06. The molecule has 3 amide bonds. The van der Waals surface area contributed by atoms with Crippen LogP contribution in [0.1, 0.15) is 19.8 Å². The van der Waals surface area contributed by atoms with Gasteiger partial charge in [-0.15, -0.1) is 12.4 Å². The SMILES string of the molecule is CC1CN(C(=O)C2CCCN(C(=O)Nc3ccccc3)C2)CCN1.Cl. The van der Waals surface area contributed by atoms with Crippen LogP contribution in [0, 0.1) is 5.92 Å². The van der Waals surface area contributed by atoms with Crippen LogP contribution in [0.2, 0.25) is 0 Å². The zero-order valence-electron chi connectivity index (χ0n) is 14.6. The van der Waals surface area contributed by atoms with E-state index in [9.17, 15) is 9.59 Å². The Kier molecular flexibility index (Phi) is 7.08. The molecular formula is C18H27ClN4O2. The molecule has 1 aromatic rings. The molecule has 1 aromatic carbocycles. The zero-order valence-corrected chi connectivity index (χ0v) is 15.4. The van der Waals surface area contributed by atoms with E-state index >= 15 is 0 Å². The number of urea groups is 1. The van der Waals surface area contributed by atoms with E-state index in [4.69, 9.17) is 0 Å².